The molecule has 3 unspecified atom stereocenters. The maximum atomic E-state index is 14.2. The smallest absolute Gasteiger partial charge is 0.304 e. The largest absolute Gasteiger partial charge is 0.481 e. The zero-order valence-electron chi connectivity index (χ0n) is 39.6. The number of primary amides is 1. The van der Waals surface area contributed by atoms with Gasteiger partial charge in [0, 0.05) is 68.3 Å². The van der Waals surface area contributed by atoms with Gasteiger partial charge in [0.05, 0.1) is 61.8 Å². The van der Waals surface area contributed by atoms with Crippen LogP contribution in [0.15, 0.2) is 23.2 Å². The number of carboxylic acid groups (broad SMARTS) is 1. The Morgan fingerprint density at radius 1 is 0.886 bits per heavy atom. The molecule has 0 aromatic heterocycles. The number of nitrogens with one attached hydrogen (secondary N) is 4. The second-order valence-corrected chi connectivity index (χ2v) is 21.2. The third-order valence-electron chi connectivity index (χ3n) is 11.6. The number of amidine groups is 1. The Balaban J connectivity index is 2.01. The number of aliphatic carboxylic acids is 1. The Morgan fingerprint density at radius 2 is 1.51 bits per heavy atom. The van der Waals surface area contributed by atoms with Crippen LogP contribution in [0.25, 0.3) is 0 Å². The summed E-state index contributed by atoms with van der Waals surface area (Å²) >= 11 is 0. The molecule has 0 aliphatic carbocycles. The highest BCUT2D eigenvalue weighted by molar-refractivity contribution is 8.76. The molecule has 6 amide bonds. The van der Waals surface area contributed by atoms with Crippen molar-refractivity contribution < 1.29 is 66.9 Å². The van der Waals surface area contributed by atoms with Gasteiger partial charge in [-0.2, -0.15) is 0 Å². The zero-order valence-corrected chi connectivity index (χ0v) is 41.3. The van der Waals surface area contributed by atoms with Crippen molar-refractivity contribution in [2.75, 3.05) is 37.7 Å². The molecule has 2 heterocycles. The third-order valence-corrected chi connectivity index (χ3v) is 14.1. The number of carboxylic acids is 1. The van der Waals surface area contributed by atoms with E-state index in [0.717, 1.165) is 38.6 Å². The third kappa shape index (κ3) is 20.1. The van der Waals surface area contributed by atoms with Crippen molar-refractivity contribution in [1.29, 1.82) is 0 Å². The number of hydrogen-bond donors (Lipinski definition) is 9. The van der Waals surface area contributed by atoms with Gasteiger partial charge in [0.15, 0.2) is 17.3 Å². The molecule has 0 radical (unpaired) electrons. The minimum atomic E-state index is -1.60. The molecule has 0 saturated carbocycles. The molecule has 8 atom stereocenters. The van der Waals surface area contributed by atoms with Gasteiger partial charge < -0.3 is 53.6 Å². The first-order chi connectivity index (χ1) is 32.7. The molecule has 12 N–H and O–H groups in total. The van der Waals surface area contributed by atoms with Crippen molar-refractivity contribution in [3.63, 3.8) is 0 Å². The molecule has 388 valence electrons. The number of benzene rings is 1. The lowest BCUT2D eigenvalue weighted by Gasteiger charge is -2.33. The van der Waals surface area contributed by atoms with Crippen LogP contribution in [0, 0.1) is 34.8 Å². The molecule has 25 heteroatoms. The summed E-state index contributed by atoms with van der Waals surface area (Å²) in [6.07, 6.45) is -4.34. The monoisotopic (exact) mass is 1030 g/mol. The number of fused-ring (bicyclic) bond motifs is 1. The number of aliphatic hydroxyl groups is 1. The number of carbonyl (C=O) groups is 10. The predicted molar refractivity (Wildman–Crippen MR) is 255 cm³/mol. The Kier molecular flexibility index (Phi) is 23.3. The van der Waals surface area contributed by atoms with Crippen LogP contribution in [0.2, 0.25) is 0 Å². The average molecular weight is 1030 g/mol. The number of carbonyl (C=O) groups excluding carboxylic acids is 9. The van der Waals surface area contributed by atoms with Gasteiger partial charge in [-0.25, -0.2) is 8.78 Å². The summed E-state index contributed by atoms with van der Waals surface area (Å²) in [5.41, 5.74) is 16.9. The molecule has 2 aliphatic rings. The molecule has 1 aromatic carbocycles. The van der Waals surface area contributed by atoms with Gasteiger partial charge in [-0.1, -0.05) is 42.4 Å². The van der Waals surface area contributed by atoms with Crippen LogP contribution in [0.3, 0.4) is 0 Å². The van der Waals surface area contributed by atoms with Gasteiger partial charge in [-0.3, -0.25) is 52.9 Å². The summed E-state index contributed by atoms with van der Waals surface area (Å²) in [5.74, 6) is -14.8. The van der Waals surface area contributed by atoms with Gasteiger partial charge >= 0.3 is 5.97 Å². The maximum absolute atomic E-state index is 14.2. The molecule has 21 nitrogen and oxygen atoms in total. The van der Waals surface area contributed by atoms with E-state index in [4.69, 9.17) is 17.2 Å². The minimum absolute atomic E-state index is 0.0475. The van der Waals surface area contributed by atoms with Crippen LogP contribution in [0.1, 0.15) is 84.6 Å². The number of nitrogens with two attached hydrogens (primary N) is 3. The number of ketones is 3. The van der Waals surface area contributed by atoms with E-state index in [1.165, 1.54) is 0 Å². The summed E-state index contributed by atoms with van der Waals surface area (Å²) in [6.45, 7) is 5.81. The molecule has 2 saturated heterocycles. The first kappa shape index (κ1) is 58.8. The van der Waals surface area contributed by atoms with E-state index < -0.39 is 182 Å². The van der Waals surface area contributed by atoms with Crippen molar-refractivity contribution >= 4 is 86.2 Å². The van der Waals surface area contributed by atoms with E-state index in [2.05, 4.69) is 26.3 Å². The Morgan fingerprint density at radius 3 is 2.13 bits per heavy atom. The number of nitrogens with zero attached hydrogens (tertiary/aromatic N) is 2. The number of amides is 6. The molecule has 3 rings (SSSR count). The van der Waals surface area contributed by atoms with Crippen LogP contribution >= 0.6 is 21.6 Å². The predicted octanol–water partition coefficient (Wildman–Crippen LogP) is -0.327. The highest BCUT2D eigenvalue weighted by Crippen LogP contribution is 2.29. The average Bonchev–Trinajstić information content (AvgIpc) is 3.65. The lowest BCUT2D eigenvalue weighted by atomic mass is 9.83. The Bertz CT molecular complexity index is 2120. The molecule has 0 spiro atoms. The molecular weight excluding hydrogens is 961 g/mol. The normalized spacial score (nSPS) is 25.3. The van der Waals surface area contributed by atoms with Gasteiger partial charge in [-0.05, 0) is 49.3 Å². The first-order valence-electron chi connectivity index (χ1n) is 22.7. The van der Waals surface area contributed by atoms with Gasteiger partial charge in [0.2, 0.25) is 35.4 Å². The summed E-state index contributed by atoms with van der Waals surface area (Å²) in [7, 11) is 2.12. The summed E-state index contributed by atoms with van der Waals surface area (Å²) in [4.78, 5) is 138. The van der Waals surface area contributed by atoms with Gasteiger partial charge in [0.1, 0.15) is 17.7 Å². The summed E-state index contributed by atoms with van der Waals surface area (Å²) in [5, 5.41) is 30.3. The highest BCUT2D eigenvalue weighted by Gasteiger charge is 2.41. The zero-order chi connectivity index (χ0) is 52.5. The van der Waals surface area contributed by atoms with Gasteiger partial charge in [-0.15, -0.1) is 0 Å². The van der Waals surface area contributed by atoms with Crippen LogP contribution in [0.5, 0.6) is 0 Å². The maximum Gasteiger partial charge on any atom is 0.304 e. The number of Topliss-reactive ketones (excluding diaryl/α,β-unsaturated/α-hetero) is 3. The van der Waals surface area contributed by atoms with Crippen molar-refractivity contribution in [2.24, 2.45) is 45.4 Å². The fourth-order valence-corrected chi connectivity index (χ4v) is 10.3. The quantitative estimate of drug-likeness (QED) is 0.0560. The number of halogens is 2. The molecule has 2 aliphatic heterocycles. The lowest BCUT2D eigenvalue weighted by Crippen LogP contribution is -2.54. The van der Waals surface area contributed by atoms with E-state index in [1.54, 1.807) is 6.92 Å². The van der Waals surface area contributed by atoms with Crippen LogP contribution < -0.4 is 38.5 Å². The Hall–Kier alpha value is -5.53. The first-order valence-corrected chi connectivity index (χ1v) is 25.1. The molecule has 70 heavy (non-hydrogen) atoms. The number of aliphatic imine (C=N–C) groups is 1. The fourth-order valence-electron chi connectivity index (χ4n) is 7.79. The summed E-state index contributed by atoms with van der Waals surface area (Å²) < 4.78 is 28.4. The van der Waals surface area contributed by atoms with Crippen molar-refractivity contribution in [2.45, 2.75) is 116 Å². The van der Waals surface area contributed by atoms with Crippen molar-refractivity contribution in [3.8, 4) is 0 Å². The SMILES string of the molecule is CC(N)=NCCC[C@H](NC(=O)[C@H]1CSSC[C@@H](N)C(=O)C[C@H](CC(=O)O)C(=O)NCC(=O)CC(Cc2cc(F)cc(F)c2)C(=O)NCC(=O)N2CC(O)CC2C(=O)N[C@@H](CC(N)=O)C(=O)C1)C(C)(C)C. The molecular formula is C45H65F2N9O12S2. The molecule has 2 fully saturated rings. The van der Waals surface area contributed by atoms with E-state index >= 15 is 0 Å². The molecule has 1 aromatic rings. The topological polar surface area (TPSA) is 353 Å². The second-order valence-electron chi connectivity index (χ2n) is 18.6. The highest BCUT2D eigenvalue weighted by atomic mass is 33.1. The number of hydrogen-bond acceptors (Lipinski definition) is 15. The lowest BCUT2D eigenvalue weighted by molar-refractivity contribution is -0.142. The number of rotatable bonds is 12. The van der Waals surface area contributed by atoms with E-state index in [9.17, 15) is 66.9 Å². The second kappa shape index (κ2) is 27.8. The molecule has 0 bridgehead atoms. The van der Waals surface area contributed by atoms with Gasteiger partial charge in [0.25, 0.3) is 0 Å². The Labute approximate surface area is 412 Å². The van der Waals surface area contributed by atoms with E-state index in [0.29, 0.717) is 31.3 Å². The van der Waals surface area contributed by atoms with Crippen molar-refractivity contribution in [3.05, 3.63) is 35.4 Å². The number of aliphatic hydroxyl groups excluding tert-OH is 1. The van der Waals surface area contributed by atoms with Crippen LogP contribution in [0.4, 0.5) is 8.78 Å². The summed E-state index contributed by atoms with van der Waals surface area (Å²) in [6, 6.07) is -2.28. The van der Waals surface area contributed by atoms with E-state index in [1.807, 2.05) is 20.8 Å². The van der Waals surface area contributed by atoms with Crippen LogP contribution in [-0.4, -0.2) is 148 Å². The van der Waals surface area contributed by atoms with E-state index in [-0.39, 0.29) is 23.5 Å². The van der Waals surface area contributed by atoms with Crippen molar-refractivity contribution in [1.82, 2.24) is 26.2 Å². The van der Waals surface area contributed by atoms with Crippen LogP contribution in [-0.2, 0) is 54.4 Å². The minimum Gasteiger partial charge on any atom is -0.481 e. The standard InChI is InChI=1S/C45H65F2N9O12S2/c1-23(48)51-7-5-6-37(45(2,3)4)55-43(67)27-13-36(60)33(17-38(50)61)54-44(68)34-16-31(58)20-56(34)39(62)19-53-41(65)25(8-24-9-28(46)15-29(47)10-24)11-30(57)18-52-42(66)26(14-40(63)64)12-35(59)32(49)22-70-69-21-27/h9-10,15,25-27,31-34,37,58H,5-8,11-14,16-22,49H2,1-4H3,(H2,48,51)(H2,50,61)(H,52,66)(H,53,65)(H,54,68)(H,55,67)(H,63,64)/t25?,26-,27-,31?,32-,33+,34?,37+/m1/s1. The fraction of sp³-hybridized carbons (Fsp3) is 0.622.